The van der Waals surface area contributed by atoms with Crippen LogP contribution in [0.2, 0.25) is 0 Å². The number of para-hydroxylation sites is 3. The first-order valence-electron chi connectivity index (χ1n) is 9.06. The van der Waals surface area contributed by atoms with Crippen LogP contribution < -0.4 is 19.7 Å². The van der Waals surface area contributed by atoms with Crippen LogP contribution in [0.25, 0.3) is 0 Å². The van der Waals surface area contributed by atoms with Gasteiger partial charge in [0.1, 0.15) is 5.82 Å². The average molecular weight is 373 g/mol. The van der Waals surface area contributed by atoms with Gasteiger partial charge in [-0.05, 0) is 31.2 Å². The van der Waals surface area contributed by atoms with E-state index in [2.05, 4.69) is 5.32 Å². The third-order valence-electron chi connectivity index (χ3n) is 4.36. The van der Waals surface area contributed by atoms with Gasteiger partial charge in [0.2, 0.25) is 0 Å². The number of nitrogens with one attached hydrogen (secondary N) is 1. The Bertz CT molecular complexity index is 764. The average Bonchev–Trinajstić information content (AvgIpc) is 2.70. The molecule has 7 heteroatoms. The van der Waals surface area contributed by atoms with Crippen LogP contribution in [0.3, 0.4) is 0 Å². The van der Waals surface area contributed by atoms with E-state index >= 15 is 0 Å². The number of hydrogen-bond donors (Lipinski definition) is 1. The molecule has 1 N–H and O–H groups in total. The van der Waals surface area contributed by atoms with E-state index in [-0.39, 0.29) is 18.6 Å². The number of carbonyl (C=O) groups is 1. The third kappa shape index (κ3) is 4.81. The molecule has 144 valence electrons. The molecule has 0 atom stereocenters. The van der Waals surface area contributed by atoms with Crippen molar-refractivity contribution in [2.24, 2.45) is 0 Å². The van der Waals surface area contributed by atoms with Crippen molar-refractivity contribution in [2.45, 2.75) is 6.92 Å². The summed E-state index contributed by atoms with van der Waals surface area (Å²) in [6.45, 7) is 4.71. The number of halogens is 1. The van der Waals surface area contributed by atoms with Gasteiger partial charge in [-0.3, -0.25) is 0 Å². The van der Waals surface area contributed by atoms with E-state index in [1.165, 1.54) is 6.07 Å². The molecule has 0 aliphatic carbocycles. The number of rotatable bonds is 6. The number of benzene rings is 2. The predicted molar refractivity (Wildman–Crippen MR) is 102 cm³/mol. The number of urea groups is 1. The maximum absolute atomic E-state index is 13.9. The molecule has 0 radical (unpaired) electrons. The lowest BCUT2D eigenvalue weighted by Gasteiger charge is -2.36. The summed E-state index contributed by atoms with van der Waals surface area (Å²) in [7, 11) is 0. The van der Waals surface area contributed by atoms with Crippen LogP contribution in [0.5, 0.6) is 11.5 Å². The summed E-state index contributed by atoms with van der Waals surface area (Å²) in [4.78, 5) is 16.0. The standard InChI is InChI=1S/C20H24FN3O3/c1-2-26-18-9-5-6-10-19(18)27-15-22-20(25)24-13-11-23(12-14-24)17-8-4-3-7-16(17)21/h3-10H,2,11-15H2,1H3,(H,22,25). The Hall–Kier alpha value is -2.96. The van der Waals surface area contributed by atoms with E-state index in [9.17, 15) is 9.18 Å². The summed E-state index contributed by atoms with van der Waals surface area (Å²) >= 11 is 0. The minimum absolute atomic E-state index is 0.0520. The third-order valence-corrected chi connectivity index (χ3v) is 4.36. The number of carbonyl (C=O) groups excluding carboxylic acids is 1. The second-order valence-corrected chi connectivity index (χ2v) is 6.08. The second-order valence-electron chi connectivity index (χ2n) is 6.08. The molecule has 0 unspecified atom stereocenters. The highest BCUT2D eigenvalue weighted by Gasteiger charge is 2.22. The minimum Gasteiger partial charge on any atom is -0.490 e. The zero-order chi connectivity index (χ0) is 19.1. The van der Waals surface area contributed by atoms with Crippen molar-refractivity contribution in [3.05, 3.63) is 54.3 Å². The summed E-state index contributed by atoms with van der Waals surface area (Å²) in [6.07, 6.45) is 0. The van der Waals surface area contributed by atoms with Gasteiger partial charge in [0.15, 0.2) is 18.2 Å². The molecule has 0 saturated carbocycles. The van der Waals surface area contributed by atoms with Gasteiger partial charge in [0, 0.05) is 26.2 Å². The maximum atomic E-state index is 13.9. The fourth-order valence-electron chi connectivity index (χ4n) is 2.99. The number of hydrogen-bond acceptors (Lipinski definition) is 4. The number of piperazine rings is 1. The Kier molecular flexibility index (Phi) is 6.35. The molecule has 2 aromatic rings. The Morgan fingerprint density at radius 1 is 1.00 bits per heavy atom. The van der Waals surface area contributed by atoms with Crippen LogP contribution >= 0.6 is 0 Å². The van der Waals surface area contributed by atoms with Crippen LogP contribution in [0.4, 0.5) is 14.9 Å². The molecule has 1 aliphatic rings. The highest BCUT2D eigenvalue weighted by molar-refractivity contribution is 5.74. The van der Waals surface area contributed by atoms with Crippen molar-refractivity contribution < 1.29 is 18.7 Å². The summed E-state index contributed by atoms with van der Waals surface area (Å²) in [5.41, 5.74) is 0.577. The molecular formula is C20H24FN3O3. The maximum Gasteiger partial charge on any atom is 0.320 e. The highest BCUT2D eigenvalue weighted by Crippen LogP contribution is 2.26. The van der Waals surface area contributed by atoms with Gasteiger partial charge >= 0.3 is 6.03 Å². The van der Waals surface area contributed by atoms with Crippen LogP contribution in [-0.4, -0.2) is 50.4 Å². The van der Waals surface area contributed by atoms with Crippen molar-refractivity contribution in [3.8, 4) is 11.5 Å². The normalized spacial score (nSPS) is 14.0. The number of nitrogens with zero attached hydrogens (tertiary/aromatic N) is 2. The van der Waals surface area contributed by atoms with Gasteiger partial charge in [-0.1, -0.05) is 24.3 Å². The molecule has 0 bridgehead atoms. The fraction of sp³-hybridized carbons (Fsp3) is 0.350. The Morgan fingerprint density at radius 2 is 1.63 bits per heavy atom. The van der Waals surface area contributed by atoms with E-state index in [0.717, 1.165) is 0 Å². The topological polar surface area (TPSA) is 54.0 Å². The van der Waals surface area contributed by atoms with E-state index in [0.29, 0.717) is 50.0 Å². The quantitative estimate of drug-likeness (QED) is 0.791. The van der Waals surface area contributed by atoms with Crippen molar-refractivity contribution in [2.75, 3.05) is 44.4 Å². The largest absolute Gasteiger partial charge is 0.490 e. The molecular weight excluding hydrogens is 349 g/mol. The molecule has 1 saturated heterocycles. The zero-order valence-corrected chi connectivity index (χ0v) is 15.4. The van der Waals surface area contributed by atoms with Crippen LogP contribution in [0.1, 0.15) is 6.92 Å². The monoisotopic (exact) mass is 373 g/mol. The molecule has 6 nitrogen and oxygen atoms in total. The van der Waals surface area contributed by atoms with E-state index in [1.54, 1.807) is 23.1 Å². The van der Waals surface area contributed by atoms with Gasteiger partial charge < -0.3 is 24.6 Å². The van der Waals surface area contributed by atoms with Crippen LogP contribution in [-0.2, 0) is 0 Å². The van der Waals surface area contributed by atoms with Crippen LogP contribution in [0.15, 0.2) is 48.5 Å². The summed E-state index contributed by atoms with van der Waals surface area (Å²) in [6, 6.07) is 13.8. The highest BCUT2D eigenvalue weighted by atomic mass is 19.1. The number of amides is 2. The molecule has 3 rings (SSSR count). The predicted octanol–water partition coefficient (Wildman–Crippen LogP) is 3.09. The molecule has 0 spiro atoms. The van der Waals surface area contributed by atoms with Crippen LogP contribution in [0, 0.1) is 5.82 Å². The van der Waals surface area contributed by atoms with Gasteiger partial charge in [0.05, 0.1) is 12.3 Å². The molecule has 2 amide bonds. The van der Waals surface area contributed by atoms with Crippen molar-refractivity contribution in [1.29, 1.82) is 0 Å². The Labute approximate surface area is 158 Å². The first-order chi connectivity index (χ1) is 13.2. The number of anilines is 1. The molecule has 27 heavy (non-hydrogen) atoms. The summed E-state index contributed by atoms with van der Waals surface area (Å²) in [5, 5.41) is 2.75. The van der Waals surface area contributed by atoms with E-state index < -0.39 is 0 Å². The first-order valence-corrected chi connectivity index (χ1v) is 9.06. The summed E-state index contributed by atoms with van der Waals surface area (Å²) in [5.74, 6) is 0.994. The van der Waals surface area contributed by atoms with Gasteiger partial charge in [-0.25, -0.2) is 9.18 Å². The second kappa shape index (κ2) is 9.12. The Balaban J connectivity index is 1.46. The first kappa shape index (κ1) is 18.8. The SMILES string of the molecule is CCOc1ccccc1OCNC(=O)N1CCN(c2ccccc2F)CC1. The molecule has 0 aromatic heterocycles. The lowest BCUT2D eigenvalue weighted by molar-refractivity contribution is 0.179. The Morgan fingerprint density at radius 3 is 2.30 bits per heavy atom. The summed E-state index contributed by atoms with van der Waals surface area (Å²) < 4.78 is 25.0. The molecule has 1 aliphatic heterocycles. The lowest BCUT2D eigenvalue weighted by atomic mass is 10.2. The smallest absolute Gasteiger partial charge is 0.320 e. The van der Waals surface area contributed by atoms with Crippen molar-refractivity contribution in [3.63, 3.8) is 0 Å². The fourth-order valence-corrected chi connectivity index (χ4v) is 2.99. The van der Waals surface area contributed by atoms with Gasteiger partial charge in [-0.2, -0.15) is 0 Å². The molecule has 1 heterocycles. The molecule has 2 aromatic carbocycles. The van der Waals surface area contributed by atoms with E-state index in [4.69, 9.17) is 9.47 Å². The lowest BCUT2D eigenvalue weighted by Crippen LogP contribution is -2.52. The minimum atomic E-state index is -0.239. The van der Waals surface area contributed by atoms with Crippen molar-refractivity contribution >= 4 is 11.7 Å². The number of ether oxygens (including phenoxy) is 2. The van der Waals surface area contributed by atoms with E-state index in [1.807, 2.05) is 36.1 Å². The van der Waals surface area contributed by atoms with Gasteiger partial charge in [0.25, 0.3) is 0 Å². The van der Waals surface area contributed by atoms with Gasteiger partial charge in [-0.15, -0.1) is 0 Å². The zero-order valence-electron chi connectivity index (χ0n) is 15.4. The molecule has 1 fully saturated rings. The van der Waals surface area contributed by atoms with Crippen molar-refractivity contribution in [1.82, 2.24) is 10.2 Å².